The number of hydrogen-bond acceptors (Lipinski definition) is 2. The second-order valence-corrected chi connectivity index (χ2v) is 24.7. The van der Waals surface area contributed by atoms with Gasteiger partial charge in [0, 0.05) is 43.7 Å². The van der Waals surface area contributed by atoms with E-state index in [0.717, 1.165) is 0 Å². The Balaban J connectivity index is 1.11. The number of nitrogens with zero attached hydrogens (tertiary/aromatic N) is 2. The van der Waals surface area contributed by atoms with Crippen molar-refractivity contribution in [3.8, 4) is 22.3 Å². The summed E-state index contributed by atoms with van der Waals surface area (Å²) in [6.45, 7) is 28.1. The molecule has 12 aromatic carbocycles. The van der Waals surface area contributed by atoms with Gasteiger partial charge >= 0.3 is 0 Å². The molecule has 382 valence electrons. The third-order valence-electron chi connectivity index (χ3n) is 18.4. The minimum atomic E-state index is -0.108. The van der Waals surface area contributed by atoms with E-state index in [1.165, 1.54) is 166 Å². The molecule has 2 nitrogen and oxygen atoms in total. The molecule has 0 unspecified atom stereocenters. The minimum absolute atomic E-state index is 0.108. The van der Waals surface area contributed by atoms with E-state index in [0.29, 0.717) is 0 Å². The summed E-state index contributed by atoms with van der Waals surface area (Å²) in [5, 5.41) is 12.8. The van der Waals surface area contributed by atoms with Crippen LogP contribution in [0.15, 0.2) is 182 Å². The summed E-state index contributed by atoms with van der Waals surface area (Å²) in [5.74, 6) is 0.499. The predicted molar refractivity (Wildman–Crippen MR) is 337 cm³/mol. The van der Waals surface area contributed by atoms with Crippen molar-refractivity contribution in [3.05, 3.63) is 238 Å². The first-order chi connectivity index (χ1) is 37.5. The Morgan fingerprint density at radius 1 is 0.333 bits per heavy atom. The van der Waals surface area contributed by atoms with Gasteiger partial charge in [-0.2, -0.15) is 0 Å². The zero-order chi connectivity index (χ0) is 53.8. The summed E-state index contributed by atoms with van der Waals surface area (Å²) in [6.07, 6.45) is 0. The zero-order valence-corrected chi connectivity index (χ0v) is 47.4. The Bertz CT molecular complexity index is 4200. The van der Waals surface area contributed by atoms with Crippen LogP contribution >= 0.6 is 0 Å². The number of hydrogen-bond donors (Lipinski definition) is 0. The second-order valence-electron chi connectivity index (χ2n) is 24.7. The van der Waals surface area contributed by atoms with Crippen LogP contribution in [0, 0.1) is 27.7 Å². The third kappa shape index (κ3) is 6.87. The SMILES string of the molecule is Cc1ccc2ccc(C)c(N(c3ccc4c(c3)-c3ccccc3C4(C)C)c3cc(C(C)C)c4ccc5c(N(c6ccc7c(c6)-c6ccccc6C7(C)C)c6c(C)ccc7ccc(C)cc67)cc(C(C)C)c6ccc3c4c65)c2c1. The van der Waals surface area contributed by atoms with Gasteiger partial charge in [0.15, 0.2) is 0 Å². The van der Waals surface area contributed by atoms with E-state index in [1.54, 1.807) is 0 Å². The van der Waals surface area contributed by atoms with Crippen LogP contribution < -0.4 is 9.80 Å². The molecule has 0 atom stereocenters. The van der Waals surface area contributed by atoms with Crippen LogP contribution in [0.1, 0.15) is 123 Å². The van der Waals surface area contributed by atoms with Crippen molar-refractivity contribution in [1.82, 2.24) is 0 Å². The van der Waals surface area contributed by atoms with Crippen molar-refractivity contribution in [3.63, 3.8) is 0 Å². The Kier molecular flexibility index (Phi) is 10.6. The average molecular weight is 1010 g/mol. The van der Waals surface area contributed by atoms with Gasteiger partial charge in [0.25, 0.3) is 0 Å². The lowest BCUT2D eigenvalue weighted by Gasteiger charge is -2.34. The van der Waals surface area contributed by atoms with Crippen molar-refractivity contribution in [2.24, 2.45) is 0 Å². The number of aryl methyl sites for hydroxylation is 4. The van der Waals surface area contributed by atoms with E-state index in [9.17, 15) is 0 Å². The van der Waals surface area contributed by atoms with Gasteiger partial charge in [0.05, 0.1) is 22.7 Å². The van der Waals surface area contributed by atoms with Gasteiger partial charge in [-0.05, 0) is 187 Å². The molecule has 0 radical (unpaired) electrons. The molecule has 0 heterocycles. The predicted octanol–water partition coefficient (Wildman–Crippen LogP) is 21.9. The van der Waals surface area contributed by atoms with Crippen LogP contribution in [0.5, 0.6) is 0 Å². The Labute approximate surface area is 461 Å². The quantitative estimate of drug-likeness (QED) is 0.140. The van der Waals surface area contributed by atoms with E-state index in [1.807, 2.05) is 0 Å². The standard InChI is InChI=1S/C76H68N2/c1-43(2)59-41-69(77(73-47(7)23-27-49-25-21-45(5)37-61(49)73)51-29-35-67-63(39-51)53-17-13-15-19-65(53)75(67,9)10)57-34-32-56-60(44(3)4)42-70(58-33-31-55(59)71(57)72(56)58)78(74-48(8)24-28-50-26-22-46(6)38-62(50)74)52-30-36-68-64(40-52)54-18-14-16-20-66(54)76(68,11)12/h13-44H,1-12H3. The maximum atomic E-state index is 2.64. The van der Waals surface area contributed by atoms with Crippen LogP contribution in [0.25, 0.3) is 76.1 Å². The van der Waals surface area contributed by atoms with Crippen LogP contribution in [0.3, 0.4) is 0 Å². The van der Waals surface area contributed by atoms with Gasteiger partial charge < -0.3 is 9.80 Å². The van der Waals surface area contributed by atoms with Gasteiger partial charge in [0.1, 0.15) is 0 Å². The molecule has 0 saturated heterocycles. The van der Waals surface area contributed by atoms with Crippen molar-refractivity contribution in [1.29, 1.82) is 0 Å². The molecule has 12 aromatic rings. The fourth-order valence-electron chi connectivity index (χ4n) is 14.5. The normalized spacial score (nSPS) is 14.1. The van der Waals surface area contributed by atoms with E-state index >= 15 is 0 Å². The lowest BCUT2D eigenvalue weighted by atomic mass is 9.82. The third-order valence-corrected chi connectivity index (χ3v) is 18.4. The highest BCUT2D eigenvalue weighted by atomic mass is 15.2. The molecule has 2 aliphatic rings. The summed E-state index contributed by atoms with van der Waals surface area (Å²) in [4.78, 5) is 5.29. The molecule has 78 heavy (non-hydrogen) atoms. The molecule has 0 spiro atoms. The van der Waals surface area contributed by atoms with Gasteiger partial charge in [-0.1, -0.05) is 200 Å². The lowest BCUT2D eigenvalue weighted by molar-refractivity contribution is 0.660. The zero-order valence-electron chi connectivity index (χ0n) is 47.4. The first kappa shape index (κ1) is 48.2. The maximum Gasteiger partial charge on any atom is 0.0569 e. The molecule has 2 heteroatoms. The molecule has 0 amide bonds. The highest BCUT2D eigenvalue weighted by Crippen LogP contribution is 2.57. The Morgan fingerprint density at radius 3 is 1.12 bits per heavy atom. The monoisotopic (exact) mass is 1010 g/mol. The van der Waals surface area contributed by atoms with Gasteiger partial charge in [-0.25, -0.2) is 0 Å². The Hall–Kier alpha value is -8.20. The van der Waals surface area contributed by atoms with Crippen LogP contribution in [0.4, 0.5) is 34.1 Å². The highest BCUT2D eigenvalue weighted by Gasteiger charge is 2.38. The molecule has 0 bridgehead atoms. The number of anilines is 6. The molecule has 2 aliphatic carbocycles. The summed E-state index contributed by atoms with van der Waals surface area (Å²) >= 11 is 0. The van der Waals surface area contributed by atoms with Crippen molar-refractivity contribution >= 4 is 88.0 Å². The van der Waals surface area contributed by atoms with E-state index in [2.05, 4.69) is 275 Å². The first-order valence-corrected chi connectivity index (χ1v) is 28.4. The number of benzene rings is 12. The van der Waals surface area contributed by atoms with Crippen LogP contribution in [-0.4, -0.2) is 0 Å². The van der Waals surface area contributed by atoms with Crippen molar-refractivity contribution < 1.29 is 0 Å². The van der Waals surface area contributed by atoms with Crippen molar-refractivity contribution in [2.75, 3.05) is 9.80 Å². The van der Waals surface area contributed by atoms with Crippen LogP contribution in [0.2, 0.25) is 0 Å². The molecular weight excluding hydrogens is 941 g/mol. The molecule has 0 fully saturated rings. The molecular formula is C76H68N2. The largest absolute Gasteiger partial charge is 0.309 e. The first-order valence-electron chi connectivity index (χ1n) is 28.4. The van der Waals surface area contributed by atoms with Gasteiger partial charge in [0.2, 0.25) is 0 Å². The van der Waals surface area contributed by atoms with E-state index in [4.69, 9.17) is 0 Å². The topological polar surface area (TPSA) is 6.48 Å². The van der Waals surface area contributed by atoms with E-state index < -0.39 is 0 Å². The molecule has 0 aromatic heterocycles. The maximum absolute atomic E-state index is 2.64. The summed E-state index contributed by atoms with van der Waals surface area (Å²) < 4.78 is 0. The molecule has 14 rings (SSSR count). The van der Waals surface area contributed by atoms with Crippen molar-refractivity contribution in [2.45, 2.75) is 106 Å². The lowest BCUT2D eigenvalue weighted by Crippen LogP contribution is -2.16. The summed E-state index contributed by atoms with van der Waals surface area (Å²) in [6, 6.07) is 70.9. The smallest absolute Gasteiger partial charge is 0.0569 e. The van der Waals surface area contributed by atoms with Gasteiger partial charge in [-0.15, -0.1) is 0 Å². The Morgan fingerprint density at radius 2 is 0.705 bits per heavy atom. The van der Waals surface area contributed by atoms with E-state index in [-0.39, 0.29) is 22.7 Å². The fourth-order valence-corrected chi connectivity index (χ4v) is 14.5. The fraction of sp³-hybridized carbons (Fsp3) is 0.211. The number of fused-ring (bicyclic) bond motifs is 8. The minimum Gasteiger partial charge on any atom is -0.309 e. The molecule has 0 N–H and O–H groups in total. The highest BCUT2D eigenvalue weighted by molar-refractivity contribution is 6.30. The molecule has 0 saturated carbocycles. The number of rotatable bonds is 8. The summed E-state index contributed by atoms with van der Waals surface area (Å²) in [7, 11) is 0. The van der Waals surface area contributed by atoms with Crippen LogP contribution in [-0.2, 0) is 10.8 Å². The average Bonchev–Trinajstić information content (AvgIpc) is 3.96. The summed E-state index contributed by atoms with van der Waals surface area (Å²) in [5.41, 5.74) is 25.5. The van der Waals surface area contributed by atoms with Gasteiger partial charge in [-0.3, -0.25) is 0 Å². The second kappa shape index (κ2) is 17.1. The molecule has 0 aliphatic heterocycles.